The van der Waals surface area contributed by atoms with Crippen molar-refractivity contribution >= 4 is 29.9 Å². The van der Waals surface area contributed by atoms with Gasteiger partial charge < -0.3 is 15.4 Å². The van der Waals surface area contributed by atoms with Gasteiger partial charge in [0.2, 0.25) is 0 Å². The predicted octanol–water partition coefficient (Wildman–Crippen LogP) is 1.16. The Morgan fingerprint density at radius 1 is 1.29 bits per heavy atom. The standard InChI is InChI=1S/C14H20ClN3O2.ClH/c15-12-1-3-13(4-2-12)20-11-14(19)17-7-10-18-8-5-16-6-9-18;/h1-4,16H,5-11H2,(H,17,19);1H. The monoisotopic (exact) mass is 333 g/mol. The van der Waals surface area contributed by atoms with Gasteiger partial charge >= 0.3 is 0 Å². The molecular weight excluding hydrogens is 313 g/mol. The number of benzene rings is 1. The number of nitrogens with zero attached hydrogens (tertiary/aromatic N) is 1. The largest absolute Gasteiger partial charge is 0.484 e. The summed E-state index contributed by atoms with van der Waals surface area (Å²) in [5.41, 5.74) is 0. The van der Waals surface area contributed by atoms with Crippen LogP contribution in [0.3, 0.4) is 0 Å². The van der Waals surface area contributed by atoms with Gasteiger partial charge in [-0.2, -0.15) is 0 Å². The normalized spacial score (nSPS) is 15.1. The molecule has 7 heteroatoms. The van der Waals surface area contributed by atoms with Crippen molar-refractivity contribution in [2.75, 3.05) is 45.9 Å². The number of ether oxygens (including phenoxy) is 1. The quantitative estimate of drug-likeness (QED) is 0.820. The number of nitrogens with one attached hydrogen (secondary N) is 2. The van der Waals surface area contributed by atoms with Gasteiger partial charge in [0.05, 0.1) is 0 Å². The van der Waals surface area contributed by atoms with E-state index in [0.29, 0.717) is 17.3 Å². The Morgan fingerprint density at radius 3 is 2.62 bits per heavy atom. The highest BCUT2D eigenvalue weighted by atomic mass is 35.5. The molecular formula is C14H21Cl2N3O2. The van der Waals surface area contributed by atoms with Crippen molar-refractivity contribution in [1.29, 1.82) is 0 Å². The Labute approximate surface area is 136 Å². The fraction of sp³-hybridized carbons (Fsp3) is 0.500. The summed E-state index contributed by atoms with van der Waals surface area (Å²) < 4.78 is 5.37. The highest BCUT2D eigenvalue weighted by Gasteiger charge is 2.09. The van der Waals surface area contributed by atoms with Crippen molar-refractivity contribution in [3.8, 4) is 5.75 Å². The third kappa shape index (κ3) is 7.00. The van der Waals surface area contributed by atoms with E-state index in [9.17, 15) is 4.79 Å². The maximum absolute atomic E-state index is 11.6. The molecule has 1 heterocycles. The average Bonchev–Trinajstić information content (AvgIpc) is 2.48. The molecule has 0 aliphatic carbocycles. The molecule has 0 bridgehead atoms. The van der Waals surface area contributed by atoms with Gasteiger partial charge in [-0.3, -0.25) is 9.69 Å². The number of hydrogen-bond acceptors (Lipinski definition) is 4. The molecule has 5 nitrogen and oxygen atoms in total. The Bertz CT molecular complexity index is 423. The van der Waals surface area contributed by atoms with Crippen LogP contribution in [0.2, 0.25) is 5.02 Å². The SMILES string of the molecule is Cl.O=C(COc1ccc(Cl)cc1)NCCN1CCNCC1. The molecule has 0 unspecified atom stereocenters. The Morgan fingerprint density at radius 2 is 1.95 bits per heavy atom. The van der Waals surface area contributed by atoms with Gasteiger partial charge in [0.25, 0.3) is 5.91 Å². The molecule has 1 saturated heterocycles. The molecule has 0 saturated carbocycles. The van der Waals surface area contributed by atoms with Crippen molar-refractivity contribution in [2.24, 2.45) is 0 Å². The molecule has 0 atom stereocenters. The van der Waals surface area contributed by atoms with Crippen LogP contribution >= 0.6 is 24.0 Å². The van der Waals surface area contributed by atoms with Crippen molar-refractivity contribution in [2.45, 2.75) is 0 Å². The number of carbonyl (C=O) groups excluding carboxylic acids is 1. The van der Waals surface area contributed by atoms with E-state index in [2.05, 4.69) is 15.5 Å². The highest BCUT2D eigenvalue weighted by Crippen LogP contribution is 2.15. The van der Waals surface area contributed by atoms with Crippen molar-refractivity contribution in [3.05, 3.63) is 29.3 Å². The third-order valence-electron chi connectivity index (χ3n) is 3.14. The van der Waals surface area contributed by atoms with Crippen LogP contribution in [-0.2, 0) is 4.79 Å². The molecule has 2 N–H and O–H groups in total. The summed E-state index contributed by atoms with van der Waals surface area (Å²) in [6, 6.07) is 6.96. The second-order valence-electron chi connectivity index (χ2n) is 4.68. The second-order valence-corrected chi connectivity index (χ2v) is 5.12. The minimum atomic E-state index is -0.102. The second kappa shape index (κ2) is 9.84. The molecule has 0 aromatic heterocycles. The number of rotatable bonds is 6. The maximum Gasteiger partial charge on any atom is 0.257 e. The van der Waals surface area contributed by atoms with Crippen molar-refractivity contribution < 1.29 is 9.53 Å². The van der Waals surface area contributed by atoms with Gasteiger partial charge in [-0.1, -0.05) is 11.6 Å². The topological polar surface area (TPSA) is 53.6 Å². The molecule has 0 spiro atoms. The van der Waals surface area contributed by atoms with Gasteiger partial charge in [0, 0.05) is 44.3 Å². The number of piperazine rings is 1. The molecule has 21 heavy (non-hydrogen) atoms. The number of halogens is 2. The third-order valence-corrected chi connectivity index (χ3v) is 3.40. The minimum Gasteiger partial charge on any atom is -0.484 e. The predicted molar refractivity (Wildman–Crippen MR) is 86.5 cm³/mol. The van der Waals surface area contributed by atoms with Crippen LogP contribution in [0.1, 0.15) is 0 Å². The van der Waals surface area contributed by atoms with Crippen LogP contribution in [0.4, 0.5) is 0 Å². The van der Waals surface area contributed by atoms with Crippen LogP contribution in [-0.4, -0.2) is 56.7 Å². The van der Waals surface area contributed by atoms with E-state index < -0.39 is 0 Å². The van der Waals surface area contributed by atoms with Crippen LogP contribution in [0.5, 0.6) is 5.75 Å². The van der Waals surface area contributed by atoms with Gasteiger partial charge in [-0.25, -0.2) is 0 Å². The van der Waals surface area contributed by atoms with Crippen molar-refractivity contribution in [3.63, 3.8) is 0 Å². The zero-order valence-corrected chi connectivity index (χ0v) is 13.4. The zero-order valence-electron chi connectivity index (χ0n) is 11.8. The van der Waals surface area contributed by atoms with Gasteiger partial charge in [0.1, 0.15) is 5.75 Å². The van der Waals surface area contributed by atoms with E-state index >= 15 is 0 Å². The number of amides is 1. The Kier molecular flexibility index (Phi) is 8.45. The Balaban J connectivity index is 0.00000220. The van der Waals surface area contributed by atoms with Crippen LogP contribution in [0, 0.1) is 0 Å². The summed E-state index contributed by atoms with van der Waals surface area (Å²) in [7, 11) is 0. The maximum atomic E-state index is 11.6. The zero-order chi connectivity index (χ0) is 14.2. The Hall–Kier alpha value is -1.01. The lowest BCUT2D eigenvalue weighted by atomic mass is 10.3. The van der Waals surface area contributed by atoms with Gasteiger partial charge in [0.15, 0.2) is 6.61 Å². The van der Waals surface area contributed by atoms with Crippen LogP contribution < -0.4 is 15.4 Å². The van der Waals surface area contributed by atoms with Crippen LogP contribution in [0.25, 0.3) is 0 Å². The first-order chi connectivity index (χ1) is 9.74. The first-order valence-corrected chi connectivity index (χ1v) is 7.20. The van der Waals surface area contributed by atoms with Crippen LogP contribution in [0.15, 0.2) is 24.3 Å². The van der Waals surface area contributed by atoms with Crippen molar-refractivity contribution in [1.82, 2.24) is 15.5 Å². The summed E-state index contributed by atoms with van der Waals surface area (Å²) in [6.45, 7) is 5.69. The molecule has 1 aliphatic rings. The van der Waals surface area contributed by atoms with E-state index in [1.165, 1.54) is 0 Å². The summed E-state index contributed by atoms with van der Waals surface area (Å²) in [5, 5.41) is 6.81. The number of hydrogen-bond donors (Lipinski definition) is 2. The summed E-state index contributed by atoms with van der Waals surface area (Å²) in [6.07, 6.45) is 0. The first-order valence-electron chi connectivity index (χ1n) is 6.82. The lowest BCUT2D eigenvalue weighted by Gasteiger charge is -2.27. The van der Waals surface area contributed by atoms with E-state index in [4.69, 9.17) is 16.3 Å². The van der Waals surface area contributed by atoms with E-state index in [-0.39, 0.29) is 24.9 Å². The first kappa shape index (κ1) is 18.0. The van der Waals surface area contributed by atoms with E-state index in [0.717, 1.165) is 32.7 Å². The molecule has 1 aromatic rings. The molecule has 0 radical (unpaired) electrons. The minimum absolute atomic E-state index is 0. The molecule has 1 aromatic carbocycles. The molecule has 2 rings (SSSR count). The molecule has 118 valence electrons. The summed E-state index contributed by atoms with van der Waals surface area (Å²) >= 11 is 5.77. The molecule has 1 aliphatic heterocycles. The van der Waals surface area contributed by atoms with Gasteiger partial charge in [-0.05, 0) is 24.3 Å². The number of carbonyl (C=O) groups is 1. The average molecular weight is 334 g/mol. The van der Waals surface area contributed by atoms with Gasteiger partial charge in [-0.15, -0.1) is 12.4 Å². The summed E-state index contributed by atoms with van der Waals surface area (Å²) in [4.78, 5) is 14.0. The molecule has 1 amide bonds. The highest BCUT2D eigenvalue weighted by molar-refractivity contribution is 6.30. The lowest BCUT2D eigenvalue weighted by Crippen LogP contribution is -2.46. The fourth-order valence-electron chi connectivity index (χ4n) is 2.02. The smallest absolute Gasteiger partial charge is 0.257 e. The van der Waals surface area contributed by atoms with E-state index in [1.54, 1.807) is 24.3 Å². The fourth-order valence-corrected chi connectivity index (χ4v) is 2.14. The summed E-state index contributed by atoms with van der Waals surface area (Å²) in [5.74, 6) is 0.543. The lowest BCUT2D eigenvalue weighted by molar-refractivity contribution is -0.123. The van der Waals surface area contributed by atoms with E-state index in [1.807, 2.05) is 0 Å². The molecule has 1 fully saturated rings.